The van der Waals surface area contributed by atoms with E-state index in [-0.39, 0.29) is 19.4 Å². The van der Waals surface area contributed by atoms with Gasteiger partial charge in [0.25, 0.3) is 5.56 Å². The minimum Gasteiger partial charge on any atom is -0.481 e. The maximum atomic E-state index is 12.6. The number of fused-ring (bicyclic) bond motifs is 1. The third-order valence-electron chi connectivity index (χ3n) is 3.94. The molecule has 3 aromatic rings. The Morgan fingerprint density at radius 3 is 2.35 bits per heavy atom. The minimum absolute atomic E-state index is 0.00386. The smallest absolute Gasteiger partial charge is 0.416 e. The van der Waals surface area contributed by atoms with Crippen LogP contribution in [0.4, 0.5) is 13.2 Å². The standard InChI is InChI=1S/C18H14F3NO4/c19-18(20,21)13-5-1-12(2-6-13)10-22-17(25)14-9-11(4-8-16(23)24)3-7-15(14)26-22/h1-3,5-7,9H,4,8,10H2,(H,23,24). The normalized spacial score (nSPS) is 11.8. The van der Waals surface area contributed by atoms with Crippen LogP contribution in [0.15, 0.2) is 51.8 Å². The van der Waals surface area contributed by atoms with Gasteiger partial charge in [-0.1, -0.05) is 18.2 Å². The predicted molar refractivity (Wildman–Crippen MR) is 87.0 cm³/mol. The van der Waals surface area contributed by atoms with E-state index in [9.17, 15) is 22.8 Å². The Labute approximate surface area is 145 Å². The average Bonchev–Trinajstić information content (AvgIpc) is 2.88. The minimum atomic E-state index is -4.42. The molecule has 0 aliphatic rings. The van der Waals surface area contributed by atoms with Gasteiger partial charge in [-0.15, -0.1) is 0 Å². The zero-order chi connectivity index (χ0) is 18.9. The number of hydrogen-bond acceptors (Lipinski definition) is 3. The Balaban J connectivity index is 1.85. The second-order valence-corrected chi connectivity index (χ2v) is 5.85. The highest BCUT2D eigenvalue weighted by Crippen LogP contribution is 2.29. The molecule has 1 heterocycles. The van der Waals surface area contributed by atoms with Crippen molar-refractivity contribution in [3.05, 3.63) is 69.5 Å². The van der Waals surface area contributed by atoms with Crippen LogP contribution in [-0.4, -0.2) is 15.8 Å². The molecule has 5 nitrogen and oxygen atoms in total. The molecule has 0 bridgehead atoms. The van der Waals surface area contributed by atoms with Crippen LogP contribution in [0.2, 0.25) is 0 Å². The number of benzene rings is 2. The summed E-state index contributed by atoms with van der Waals surface area (Å²) in [4.78, 5) is 23.1. The SMILES string of the molecule is O=C(O)CCc1ccc2on(Cc3ccc(C(F)(F)F)cc3)c(=O)c2c1. The lowest BCUT2D eigenvalue weighted by Gasteiger charge is -2.07. The molecule has 136 valence electrons. The van der Waals surface area contributed by atoms with Gasteiger partial charge in [-0.2, -0.15) is 17.9 Å². The first-order valence-corrected chi connectivity index (χ1v) is 7.75. The Bertz CT molecular complexity index is 1000. The zero-order valence-electron chi connectivity index (χ0n) is 13.4. The maximum Gasteiger partial charge on any atom is 0.416 e. The number of aryl methyl sites for hydroxylation is 1. The van der Waals surface area contributed by atoms with Gasteiger partial charge < -0.3 is 9.63 Å². The molecule has 0 spiro atoms. The molecule has 3 rings (SSSR count). The first kappa shape index (κ1) is 17.8. The summed E-state index contributed by atoms with van der Waals surface area (Å²) in [6.45, 7) is -0.00386. The molecule has 26 heavy (non-hydrogen) atoms. The van der Waals surface area contributed by atoms with E-state index < -0.39 is 23.3 Å². The fraction of sp³-hybridized carbons (Fsp3) is 0.222. The summed E-state index contributed by atoms with van der Waals surface area (Å²) in [5.41, 5.74) is 0.337. The average molecular weight is 365 g/mol. The molecule has 1 N–H and O–H groups in total. The number of nitrogens with zero attached hydrogens (tertiary/aromatic N) is 1. The van der Waals surface area contributed by atoms with Crippen molar-refractivity contribution >= 4 is 16.9 Å². The van der Waals surface area contributed by atoms with E-state index in [0.29, 0.717) is 22.1 Å². The Hall–Kier alpha value is -3.03. The van der Waals surface area contributed by atoms with E-state index in [4.69, 9.17) is 9.63 Å². The number of carboxylic acids is 1. The van der Waals surface area contributed by atoms with Gasteiger partial charge in [0.1, 0.15) is 0 Å². The molecule has 0 amide bonds. The summed E-state index contributed by atoms with van der Waals surface area (Å²) in [6.07, 6.45) is -4.18. The fourth-order valence-corrected chi connectivity index (χ4v) is 2.59. The first-order valence-electron chi connectivity index (χ1n) is 7.75. The molecule has 0 saturated heterocycles. The highest BCUT2D eigenvalue weighted by atomic mass is 19.4. The van der Waals surface area contributed by atoms with E-state index >= 15 is 0 Å². The zero-order valence-corrected chi connectivity index (χ0v) is 13.4. The summed E-state index contributed by atoms with van der Waals surface area (Å²) < 4.78 is 44.3. The van der Waals surface area contributed by atoms with Gasteiger partial charge in [-0.3, -0.25) is 9.59 Å². The van der Waals surface area contributed by atoms with Crippen LogP contribution in [0, 0.1) is 0 Å². The van der Waals surface area contributed by atoms with Gasteiger partial charge in [0, 0.05) is 6.42 Å². The van der Waals surface area contributed by atoms with Crippen molar-refractivity contribution < 1.29 is 27.6 Å². The van der Waals surface area contributed by atoms with Gasteiger partial charge >= 0.3 is 12.1 Å². The number of alkyl halides is 3. The molecule has 0 aliphatic carbocycles. The Morgan fingerprint density at radius 2 is 1.73 bits per heavy atom. The van der Waals surface area contributed by atoms with Crippen molar-refractivity contribution in [2.24, 2.45) is 0 Å². The number of aromatic nitrogens is 1. The van der Waals surface area contributed by atoms with Gasteiger partial charge in [-0.05, 0) is 41.8 Å². The molecule has 0 fully saturated rings. The molecule has 0 radical (unpaired) electrons. The van der Waals surface area contributed by atoms with E-state index in [1.165, 1.54) is 12.1 Å². The number of halogens is 3. The maximum absolute atomic E-state index is 12.6. The Kier molecular flexibility index (Phi) is 4.58. The molecule has 0 aliphatic heterocycles. The van der Waals surface area contributed by atoms with Gasteiger partial charge in [0.05, 0.1) is 17.5 Å². The number of hydrogen-bond donors (Lipinski definition) is 1. The predicted octanol–water partition coefficient (Wildman–Crippen LogP) is 3.68. The van der Waals surface area contributed by atoms with Crippen LogP contribution >= 0.6 is 0 Å². The molecule has 0 unspecified atom stereocenters. The van der Waals surface area contributed by atoms with Crippen LogP contribution in [-0.2, 0) is 23.9 Å². The lowest BCUT2D eigenvalue weighted by molar-refractivity contribution is -0.138. The fourth-order valence-electron chi connectivity index (χ4n) is 2.59. The van der Waals surface area contributed by atoms with Crippen molar-refractivity contribution in [2.45, 2.75) is 25.6 Å². The highest BCUT2D eigenvalue weighted by molar-refractivity contribution is 5.77. The summed E-state index contributed by atoms with van der Waals surface area (Å²) in [5, 5.41) is 9.03. The third kappa shape index (κ3) is 3.79. The van der Waals surface area contributed by atoms with Crippen molar-refractivity contribution in [1.29, 1.82) is 0 Å². The monoisotopic (exact) mass is 365 g/mol. The third-order valence-corrected chi connectivity index (χ3v) is 3.94. The van der Waals surface area contributed by atoms with Crippen molar-refractivity contribution in [2.75, 3.05) is 0 Å². The number of carbonyl (C=O) groups is 1. The van der Waals surface area contributed by atoms with Crippen LogP contribution in [0.25, 0.3) is 11.0 Å². The number of carboxylic acid groups (broad SMARTS) is 1. The van der Waals surface area contributed by atoms with Gasteiger partial charge in [-0.25, -0.2) is 0 Å². The van der Waals surface area contributed by atoms with Crippen LogP contribution in [0.5, 0.6) is 0 Å². The van der Waals surface area contributed by atoms with Crippen molar-refractivity contribution in [3.63, 3.8) is 0 Å². The second-order valence-electron chi connectivity index (χ2n) is 5.85. The van der Waals surface area contributed by atoms with Gasteiger partial charge in [0.2, 0.25) is 0 Å². The van der Waals surface area contributed by atoms with Crippen LogP contribution in [0.1, 0.15) is 23.1 Å². The van der Waals surface area contributed by atoms with E-state index in [0.717, 1.165) is 16.9 Å². The van der Waals surface area contributed by atoms with Crippen LogP contribution in [0.3, 0.4) is 0 Å². The van der Waals surface area contributed by atoms with Gasteiger partial charge in [0.15, 0.2) is 5.58 Å². The lowest BCUT2D eigenvalue weighted by Crippen LogP contribution is -2.15. The second kappa shape index (κ2) is 6.70. The number of aliphatic carboxylic acids is 1. The van der Waals surface area contributed by atoms with E-state index in [1.54, 1.807) is 18.2 Å². The molecule has 2 aromatic carbocycles. The molecule has 8 heteroatoms. The summed E-state index contributed by atoms with van der Waals surface area (Å²) in [6, 6.07) is 9.32. The highest BCUT2D eigenvalue weighted by Gasteiger charge is 2.29. The lowest BCUT2D eigenvalue weighted by atomic mass is 10.1. The van der Waals surface area contributed by atoms with Crippen molar-refractivity contribution in [3.8, 4) is 0 Å². The molecule has 1 aromatic heterocycles. The Morgan fingerprint density at radius 1 is 1.08 bits per heavy atom. The quantitative estimate of drug-likeness (QED) is 0.749. The molecule has 0 atom stereocenters. The topological polar surface area (TPSA) is 72.4 Å². The summed E-state index contributed by atoms with van der Waals surface area (Å²) in [7, 11) is 0. The molecular weight excluding hydrogens is 351 g/mol. The van der Waals surface area contributed by atoms with E-state index in [2.05, 4.69) is 0 Å². The summed E-state index contributed by atoms with van der Waals surface area (Å²) in [5.74, 6) is -0.933. The summed E-state index contributed by atoms with van der Waals surface area (Å²) >= 11 is 0. The largest absolute Gasteiger partial charge is 0.481 e. The molecular formula is C18H14F3NO4. The van der Waals surface area contributed by atoms with Crippen LogP contribution < -0.4 is 5.56 Å². The molecule has 0 saturated carbocycles. The first-order chi connectivity index (χ1) is 12.2. The van der Waals surface area contributed by atoms with Crippen molar-refractivity contribution in [1.82, 2.24) is 4.74 Å². The number of rotatable bonds is 5. The van der Waals surface area contributed by atoms with E-state index in [1.807, 2.05) is 0 Å².